The average Bonchev–Trinajstić information content (AvgIpc) is 2.37. The molecule has 1 unspecified atom stereocenters. The lowest BCUT2D eigenvalue weighted by Gasteiger charge is -2.37. The fourth-order valence-corrected chi connectivity index (χ4v) is 2.89. The molecule has 1 fully saturated rings. The van der Waals surface area contributed by atoms with Crippen LogP contribution in [-0.2, 0) is 4.79 Å². The molecule has 0 saturated carbocycles. The number of benzene rings is 1. The summed E-state index contributed by atoms with van der Waals surface area (Å²) in [5.74, 6) is -3.76. The highest BCUT2D eigenvalue weighted by Gasteiger charge is 2.40. The molecule has 1 atom stereocenters. The van der Waals surface area contributed by atoms with Gasteiger partial charge >= 0.3 is 5.97 Å². The van der Waals surface area contributed by atoms with Gasteiger partial charge in [0.1, 0.15) is 17.2 Å². The summed E-state index contributed by atoms with van der Waals surface area (Å²) in [6.07, 6.45) is 0.908. The highest BCUT2D eigenvalue weighted by molar-refractivity contribution is 9.10. The number of carbonyl (C=O) groups excluding carboxylic acids is 1. The number of aliphatic carboxylic acids is 1. The normalized spacial score (nSPS) is 22.2. The van der Waals surface area contributed by atoms with Gasteiger partial charge in [0.05, 0.1) is 5.41 Å². The Morgan fingerprint density at radius 3 is 2.43 bits per heavy atom. The zero-order valence-corrected chi connectivity index (χ0v) is 12.9. The summed E-state index contributed by atoms with van der Waals surface area (Å²) in [6, 6.07) is 2.02. The van der Waals surface area contributed by atoms with E-state index in [2.05, 4.69) is 15.9 Å². The number of rotatable bonds is 2. The third-order valence-corrected chi connectivity index (χ3v) is 4.18. The van der Waals surface area contributed by atoms with Gasteiger partial charge in [-0.25, -0.2) is 8.78 Å². The molecular weight excluding hydrogens is 348 g/mol. The van der Waals surface area contributed by atoms with Crippen molar-refractivity contribution < 1.29 is 23.5 Å². The van der Waals surface area contributed by atoms with Gasteiger partial charge in [0.15, 0.2) is 0 Å². The molecule has 21 heavy (non-hydrogen) atoms. The Kier molecular flexibility index (Phi) is 4.32. The zero-order chi connectivity index (χ0) is 15.8. The minimum absolute atomic E-state index is 0.0594. The number of hydrogen-bond acceptors (Lipinski definition) is 2. The van der Waals surface area contributed by atoms with E-state index in [1.54, 1.807) is 0 Å². The van der Waals surface area contributed by atoms with E-state index in [4.69, 9.17) is 0 Å². The minimum Gasteiger partial charge on any atom is -0.481 e. The van der Waals surface area contributed by atoms with Crippen LogP contribution in [0.3, 0.4) is 0 Å². The molecule has 7 heteroatoms. The number of halogens is 3. The molecule has 4 nitrogen and oxygen atoms in total. The topological polar surface area (TPSA) is 57.6 Å². The molecule has 1 heterocycles. The Morgan fingerprint density at radius 2 is 1.90 bits per heavy atom. The maximum absolute atomic E-state index is 13.8. The SMILES string of the molecule is CC1(C(=O)O)CCCN(C(=O)c2c(F)cc(Br)cc2F)C1. The van der Waals surface area contributed by atoms with Crippen LogP contribution >= 0.6 is 15.9 Å². The second-order valence-electron chi connectivity index (χ2n) is 5.44. The van der Waals surface area contributed by atoms with E-state index in [1.807, 2.05) is 0 Å². The van der Waals surface area contributed by atoms with Crippen molar-refractivity contribution in [3.63, 3.8) is 0 Å². The van der Waals surface area contributed by atoms with Crippen molar-refractivity contribution >= 4 is 27.8 Å². The van der Waals surface area contributed by atoms with Gasteiger partial charge in [-0.15, -0.1) is 0 Å². The van der Waals surface area contributed by atoms with Crippen LogP contribution in [0, 0.1) is 17.0 Å². The Bertz CT molecular complexity index is 585. The maximum atomic E-state index is 13.8. The van der Waals surface area contributed by atoms with E-state index in [1.165, 1.54) is 11.8 Å². The lowest BCUT2D eigenvalue weighted by Crippen LogP contribution is -2.48. The summed E-state index contributed by atoms with van der Waals surface area (Å²) >= 11 is 2.95. The molecule has 0 aliphatic carbocycles. The smallest absolute Gasteiger partial charge is 0.311 e. The van der Waals surface area contributed by atoms with Crippen LogP contribution in [-0.4, -0.2) is 35.0 Å². The van der Waals surface area contributed by atoms with Gasteiger partial charge in [-0.3, -0.25) is 9.59 Å². The quantitative estimate of drug-likeness (QED) is 0.880. The van der Waals surface area contributed by atoms with Gasteiger partial charge in [0, 0.05) is 17.6 Å². The fourth-order valence-electron chi connectivity index (χ4n) is 2.49. The first kappa shape index (κ1) is 15.9. The van der Waals surface area contributed by atoms with Crippen LogP contribution in [0.4, 0.5) is 8.78 Å². The molecule has 1 N–H and O–H groups in total. The Hall–Kier alpha value is -1.50. The number of hydrogen-bond donors (Lipinski definition) is 1. The van der Waals surface area contributed by atoms with Crippen LogP contribution in [0.5, 0.6) is 0 Å². The molecule has 1 aliphatic rings. The van der Waals surface area contributed by atoms with Gasteiger partial charge in [0.2, 0.25) is 0 Å². The van der Waals surface area contributed by atoms with Crippen LogP contribution in [0.1, 0.15) is 30.1 Å². The number of carbonyl (C=O) groups is 2. The lowest BCUT2D eigenvalue weighted by molar-refractivity contribution is -0.150. The van der Waals surface area contributed by atoms with Gasteiger partial charge in [-0.05, 0) is 31.9 Å². The molecule has 2 rings (SSSR count). The monoisotopic (exact) mass is 361 g/mol. The van der Waals surface area contributed by atoms with E-state index in [0.29, 0.717) is 12.8 Å². The van der Waals surface area contributed by atoms with Gasteiger partial charge < -0.3 is 10.0 Å². The minimum atomic E-state index is -1.09. The Morgan fingerprint density at radius 1 is 1.33 bits per heavy atom. The summed E-state index contributed by atoms with van der Waals surface area (Å²) in [4.78, 5) is 24.8. The molecule has 1 aromatic rings. The first-order chi connectivity index (χ1) is 9.74. The van der Waals surface area contributed by atoms with Crippen molar-refractivity contribution in [2.45, 2.75) is 19.8 Å². The third kappa shape index (κ3) is 3.07. The number of carboxylic acid groups (broad SMARTS) is 1. The first-order valence-electron chi connectivity index (χ1n) is 6.42. The molecule has 1 aromatic carbocycles. The van der Waals surface area contributed by atoms with Gasteiger partial charge in [-0.1, -0.05) is 15.9 Å². The Labute approximate surface area is 128 Å². The van der Waals surface area contributed by atoms with Crippen LogP contribution in [0.2, 0.25) is 0 Å². The average molecular weight is 362 g/mol. The Balaban J connectivity index is 2.31. The van der Waals surface area contributed by atoms with Crippen molar-refractivity contribution in [3.8, 4) is 0 Å². The second kappa shape index (κ2) is 5.71. The van der Waals surface area contributed by atoms with E-state index >= 15 is 0 Å². The number of piperidine rings is 1. The highest BCUT2D eigenvalue weighted by atomic mass is 79.9. The molecule has 0 radical (unpaired) electrons. The van der Waals surface area contributed by atoms with Crippen molar-refractivity contribution in [1.29, 1.82) is 0 Å². The summed E-state index contributed by atoms with van der Waals surface area (Å²) in [5.41, 5.74) is -1.73. The molecular formula is C14H14BrF2NO3. The van der Waals surface area contributed by atoms with Crippen LogP contribution < -0.4 is 0 Å². The van der Waals surface area contributed by atoms with Gasteiger partial charge in [0.25, 0.3) is 5.91 Å². The predicted molar refractivity (Wildman–Crippen MR) is 74.9 cm³/mol. The van der Waals surface area contributed by atoms with E-state index in [9.17, 15) is 23.5 Å². The largest absolute Gasteiger partial charge is 0.481 e. The summed E-state index contributed by atoms with van der Waals surface area (Å²) in [5, 5.41) is 9.22. The summed E-state index contributed by atoms with van der Waals surface area (Å²) < 4.78 is 27.9. The van der Waals surface area contributed by atoms with Crippen LogP contribution in [0.15, 0.2) is 16.6 Å². The molecule has 0 spiro atoms. The fraction of sp³-hybridized carbons (Fsp3) is 0.429. The molecule has 0 bridgehead atoms. The van der Waals surface area contributed by atoms with Gasteiger partial charge in [-0.2, -0.15) is 0 Å². The molecule has 1 saturated heterocycles. The summed E-state index contributed by atoms with van der Waals surface area (Å²) in [7, 11) is 0. The molecule has 1 aliphatic heterocycles. The second-order valence-corrected chi connectivity index (χ2v) is 6.36. The zero-order valence-electron chi connectivity index (χ0n) is 11.3. The highest BCUT2D eigenvalue weighted by Crippen LogP contribution is 2.31. The number of carboxylic acids is 1. The van der Waals surface area contributed by atoms with E-state index < -0.39 is 34.5 Å². The standard InChI is InChI=1S/C14H14BrF2NO3/c1-14(13(20)21)3-2-4-18(7-14)12(19)11-9(16)5-8(15)6-10(11)17/h5-6H,2-4,7H2,1H3,(H,20,21). The first-order valence-corrected chi connectivity index (χ1v) is 7.21. The van der Waals surface area contributed by atoms with Crippen LogP contribution in [0.25, 0.3) is 0 Å². The number of nitrogens with zero attached hydrogens (tertiary/aromatic N) is 1. The van der Waals surface area contributed by atoms with E-state index in [-0.39, 0.29) is 17.6 Å². The van der Waals surface area contributed by atoms with Crippen molar-refractivity contribution in [2.75, 3.05) is 13.1 Å². The predicted octanol–water partition coefficient (Wildman–Crippen LogP) is 3.05. The molecule has 1 amide bonds. The number of amides is 1. The van der Waals surface area contributed by atoms with Crippen molar-refractivity contribution in [2.24, 2.45) is 5.41 Å². The van der Waals surface area contributed by atoms with Crippen molar-refractivity contribution in [1.82, 2.24) is 4.90 Å². The van der Waals surface area contributed by atoms with E-state index in [0.717, 1.165) is 12.1 Å². The third-order valence-electron chi connectivity index (χ3n) is 3.72. The molecule has 0 aromatic heterocycles. The molecule has 114 valence electrons. The summed E-state index contributed by atoms with van der Waals surface area (Å²) in [6.45, 7) is 1.76. The maximum Gasteiger partial charge on any atom is 0.311 e. The number of likely N-dealkylation sites (tertiary alicyclic amines) is 1. The lowest BCUT2D eigenvalue weighted by atomic mass is 9.82. The van der Waals surface area contributed by atoms with Crippen molar-refractivity contribution in [3.05, 3.63) is 33.8 Å².